The fraction of sp³-hybridized carbons (Fsp3) is 0.452. The van der Waals surface area contributed by atoms with Crippen molar-refractivity contribution in [1.29, 1.82) is 0 Å². The number of nitrogens with one attached hydrogen (secondary N) is 1. The van der Waals surface area contributed by atoms with Crippen LogP contribution in [0.2, 0.25) is 0 Å². The van der Waals surface area contributed by atoms with Crippen LogP contribution >= 0.6 is 0 Å². The monoisotopic (exact) mass is 715 g/mol. The lowest BCUT2D eigenvalue weighted by molar-refractivity contribution is -0.117. The first-order chi connectivity index (χ1) is 25.1. The Labute approximate surface area is 306 Å². The molecule has 10 nitrogen and oxygen atoms in total. The molecule has 0 bridgehead atoms. The minimum atomic E-state index is -1.37. The number of hydrogen-bond donors (Lipinski definition) is 4. The Balaban J connectivity index is 1.42. The van der Waals surface area contributed by atoms with Gasteiger partial charge in [0.25, 0.3) is 0 Å². The fourth-order valence-electron chi connectivity index (χ4n) is 6.04. The molecule has 0 aliphatic carbocycles. The molecule has 0 spiro atoms. The van der Waals surface area contributed by atoms with E-state index in [2.05, 4.69) is 12.2 Å². The summed E-state index contributed by atoms with van der Waals surface area (Å²) in [4.78, 5) is 60.6. The van der Waals surface area contributed by atoms with E-state index in [4.69, 9.17) is 4.74 Å². The molecule has 0 unspecified atom stereocenters. The highest BCUT2D eigenvalue weighted by atomic mass is 16.5. The first kappa shape index (κ1) is 41.4. The van der Waals surface area contributed by atoms with Gasteiger partial charge >= 0.3 is 17.9 Å². The third-order valence-electron chi connectivity index (χ3n) is 9.00. The number of unbranched alkanes of at least 4 members (excludes halogenated alkanes) is 14. The number of carboxylic acid groups (broad SMARTS) is 3. The Morgan fingerprint density at radius 2 is 1.04 bits per heavy atom. The van der Waals surface area contributed by atoms with Crippen molar-refractivity contribution in [3.63, 3.8) is 0 Å². The van der Waals surface area contributed by atoms with Gasteiger partial charge in [-0.15, -0.1) is 0 Å². The van der Waals surface area contributed by atoms with E-state index in [9.17, 15) is 39.3 Å². The topological polar surface area (TPSA) is 167 Å². The first-order valence-electron chi connectivity index (χ1n) is 18.6. The molecule has 0 radical (unpaired) electrons. The minimum absolute atomic E-state index is 0.0224. The SMILES string of the molecule is CCCCCCCCCCCCCCCCCNc1ccc(C(=O)CC(=O)Cc2cc(C(=O)O)ccc2Oc2cc(C(=O)O)cc(C(=O)O)c2)cc1. The van der Waals surface area contributed by atoms with E-state index < -0.39 is 35.9 Å². The van der Waals surface area contributed by atoms with Crippen molar-refractivity contribution >= 4 is 35.2 Å². The number of aromatic carboxylic acids is 3. The van der Waals surface area contributed by atoms with Gasteiger partial charge in [-0.1, -0.05) is 96.8 Å². The third-order valence-corrected chi connectivity index (χ3v) is 9.00. The number of benzene rings is 3. The largest absolute Gasteiger partial charge is 0.478 e. The maximum Gasteiger partial charge on any atom is 0.335 e. The molecular formula is C42H53NO9. The lowest BCUT2D eigenvalue weighted by Gasteiger charge is -2.13. The third kappa shape index (κ3) is 15.1. The van der Waals surface area contributed by atoms with Gasteiger partial charge in [0.2, 0.25) is 0 Å². The summed E-state index contributed by atoms with van der Waals surface area (Å²) in [6.45, 7) is 3.09. The predicted octanol–water partition coefficient (Wildman–Crippen LogP) is 10.2. The first-order valence-corrected chi connectivity index (χ1v) is 18.6. The molecule has 0 aliphatic rings. The summed E-state index contributed by atoms with van der Waals surface area (Å²) in [5.74, 6) is -4.97. The average molecular weight is 716 g/mol. The second kappa shape index (κ2) is 22.7. The van der Waals surface area contributed by atoms with Crippen LogP contribution in [0.1, 0.15) is 157 Å². The molecular weight excluding hydrogens is 662 g/mol. The van der Waals surface area contributed by atoms with Gasteiger partial charge in [0.15, 0.2) is 5.78 Å². The van der Waals surface area contributed by atoms with E-state index in [-0.39, 0.29) is 40.2 Å². The van der Waals surface area contributed by atoms with E-state index in [1.807, 2.05) is 12.1 Å². The normalized spacial score (nSPS) is 10.9. The zero-order valence-electron chi connectivity index (χ0n) is 30.3. The zero-order chi connectivity index (χ0) is 37.7. The number of hydrogen-bond acceptors (Lipinski definition) is 7. The number of anilines is 1. The van der Waals surface area contributed by atoms with Gasteiger partial charge in [0, 0.05) is 29.8 Å². The highest BCUT2D eigenvalue weighted by Crippen LogP contribution is 2.29. The van der Waals surface area contributed by atoms with Gasteiger partial charge in [0.1, 0.15) is 17.3 Å². The maximum absolute atomic E-state index is 13.0. The standard InChI is InChI=1S/C42H53NO9/c1-2-3-4-5-6-7-8-9-10-11-12-13-14-15-16-23-43-35-20-17-30(18-21-35)38(45)29-36(44)26-32-24-31(40(46)47)19-22-39(32)52-37-27-33(41(48)49)25-34(28-37)42(50)51/h17-22,24-25,27-28,43H,2-16,23,26,29H2,1H3,(H,46,47)(H,48,49)(H,50,51). The molecule has 0 aromatic heterocycles. The Hall–Kier alpha value is -4.99. The van der Waals surface area contributed by atoms with Crippen LogP contribution in [0.5, 0.6) is 11.5 Å². The predicted molar refractivity (Wildman–Crippen MR) is 201 cm³/mol. The number of rotatable bonds is 27. The summed E-state index contributed by atoms with van der Waals surface area (Å²) < 4.78 is 5.76. The molecule has 0 aliphatic heterocycles. The van der Waals surface area contributed by atoms with Crippen molar-refractivity contribution in [2.45, 2.75) is 116 Å². The molecule has 0 saturated carbocycles. The smallest absolute Gasteiger partial charge is 0.335 e. The number of ketones is 2. The summed E-state index contributed by atoms with van der Waals surface area (Å²) in [6, 6.07) is 13.9. The van der Waals surface area contributed by atoms with E-state index in [1.54, 1.807) is 12.1 Å². The van der Waals surface area contributed by atoms with Crippen LogP contribution in [-0.4, -0.2) is 51.3 Å². The molecule has 0 heterocycles. The number of carboxylic acids is 3. The number of Topliss-reactive ketones (excluding diaryl/α,β-unsaturated/α-hetero) is 2. The highest BCUT2D eigenvalue weighted by molar-refractivity contribution is 6.08. The molecule has 0 amide bonds. The summed E-state index contributed by atoms with van der Waals surface area (Å²) >= 11 is 0. The van der Waals surface area contributed by atoms with Crippen molar-refractivity contribution in [2.75, 3.05) is 11.9 Å². The second-order valence-corrected chi connectivity index (χ2v) is 13.4. The van der Waals surface area contributed by atoms with Crippen molar-refractivity contribution in [3.05, 3.63) is 88.5 Å². The minimum Gasteiger partial charge on any atom is -0.478 e. The number of carbonyl (C=O) groups excluding carboxylic acids is 2. The molecule has 3 rings (SSSR count). The molecule has 0 fully saturated rings. The summed E-state index contributed by atoms with van der Waals surface area (Å²) in [5, 5.41) is 31.6. The van der Waals surface area contributed by atoms with E-state index in [1.165, 1.54) is 108 Å². The lowest BCUT2D eigenvalue weighted by atomic mass is 9.99. The van der Waals surface area contributed by atoms with E-state index in [0.717, 1.165) is 36.9 Å². The zero-order valence-corrected chi connectivity index (χ0v) is 30.3. The van der Waals surface area contributed by atoms with Gasteiger partial charge in [-0.2, -0.15) is 0 Å². The van der Waals surface area contributed by atoms with Crippen LogP contribution in [0.25, 0.3) is 0 Å². The summed E-state index contributed by atoms with van der Waals surface area (Å²) in [7, 11) is 0. The van der Waals surface area contributed by atoms with Crippen LogP contribution in [0.3, 0.4) is 0 Å². The molecule has 3 aromatic rings. The van der Waals surface area contributed by atoms with Gasteiger partial charge in [-0.3, -0.25) is 9.59 Å². The van der Waals surface area contributed by atoms with Gasteiger partial charge in [0.05, 0.1) is 23.1 Å². The van der Waals surface area contributed by atoms with Crippen LogP contribution in [0.15, 0.2) is 60.7 Å². The maximum atomic E-state index is 13.0. The molecule has 52 heavy (non-hydrogen) atoms. The Kier molecular flexibility index (Phi) is 18.1. The molecule has 10 heteroatoms. The van der Waals surface area contributed by atoms with Gasteiger partial charge < -0.3 is 25.4 Å². The van der Waals surface area contributed by atoms with Crippen LogP contribution < -0.4 is 10.1 Å². The lowest BCUT2D eigenvalue weighted by Crippen LogP contribution is -2.12. The highest BCUT2D eigenvalue weighted by Gasteiger charge is 2.19. The van der Waals surface area contributed by atoms with E-state index >= 15 is 0 Å². The van der Waals surface area contributed by atoms with Crippen molar-refractivity contribution in [3.8, 4) is 11.5 Å². The summed E-state index contributed by atoms with van der Waals surface area (Å²) in [6.07, 6.45) is 19.0. The Morgan fingerprint density at radius 3 is 1.54 bits per heavy atom. The van der Waals surface area contributed by atoms with Gasteiger partial charge in [-0.05, 0) is 67.1 Å². The van der Waals surface area contributed by atoms with Crippen LogP contribution in [0.4, 0.5) is 5.69 Å². The molecule has 0 atom stereocenters. The van der Waals surface area contributed by atoms with Crippen molar-refractivity contribution in [1.82, 2.24) is 0 Å². The quantitative estimate of drug-likeness (QED) is 0.0339. The molecule has 3 aromatic carbocycles. The Bertz CT molecular complexity index is 1600. The van der Waals surface area contributed by atoms with Gasteiger partial charge in [-0.25, -0.2) is 14.4 Å². The molecule has 280 valence electrons. The molecule has 4 N–H and O–H groups in total. The number of ether oxygens (including phenoxy) is 1. The average Bonchev–Trinajstić information content (AvgIpc) is 3.12. The molecule has 0 saturated heterocycles. The Morgan fingerprint density at radius 1 is 0.558 bits per heavy atom. The second-order valence-electron chi connectivity index (χ2n) is 13.4. The van der Waals surface area contributed by atoms with E-state index in [0.29, 0.717) is 5.56 Å². The number of carbonyl (C=O) groups is 5. The van der Waals surface area contributed by atoms with Crippen molar-refractivity contribution in [2.24, 2.45) is 0 Å². The fourth-order valence-corrected chi connectivity index (χ4v) is 6.04. The van der Waals surface area contributed by atoms with Crippen LogP contribution in [-0.2, 0) is 11.2 Å². The van der Waals surface area contributed by atoms with Crippen LogP contribution in [0, 0.1) is 0 Å². The summed E-state index contributed by atoms with van der Waals surface area (Å²) in [5.41, 5.74) is 0.623. The van der Waals surface area contributed by atoms with Crippen molar-refractivity contribution < 1.29 is 44.0 Å².